The van der Waals surface area contributed by atoms with Crippen molar-refractivity contribution in [1.82, 2.24) is 15.6 Å². The largest absolute Gasteiger partial charge is 0.507 e. The second-order valence-corrected chi connectivity index (χ2v) is 4.66. The Balaban J connectivity index is 2.10. The summed E-state index contributed by atoms with van der Waals surface area (Å²) in [7, 11) is 0. The number of nitrogens with two attached hydrogens (primary N) is 1. The van der Waals surface area contributed by atoms with Crippen LogP contribution in [-0.4, -0.2) is 15.3 Å². The van der Waals surface area contributed by atoms with Crippen molar-refractivity contribution in [2.75, 3.05) is 0 Å². The van der Waals surface area contributed by atoms with Gasteiger partial charge in [-0.2, -0.15) is 5.10 Å². The number of benzene rings is 2. The average molecular weight is 294 g/mol. The minimum Gasteiger partial charge on any atom is -0.507 e. The minimum absolute atomic E-state index is 0.176. The van der Waals surface area contributed by atoms with Crippen LogP contribution in [0, 0.1) is 0 Å². The third kappa shape index (κ3) is 2.35. The number of rotatable bonds is 4. The molecule has 0 spiro atoms. The van der Waals surface area contributed by atoms with Gasteiger partial charge in [-0.15, -0.1) is 0 Å². The monoisotopic (exact) mass is 294 g/mol. The smallest absolute Gasteiger partial charge is 0.125 e. The van der Waals surface area contributed by atoms with Crippen molar-refractivity contribution in [2.24, 2.45) is 16.3 Å². The summed E-state index contributed by atoms with van der Waals surface area (Å²) in [4.78, 5) is 0. The Morgan fingerprint density at radius 1 is 1.27 bits per heavy atom. The normalized spacial score (nSPS) is 11.1. The molecule has 0 atom stereocenters. The second kappa shape index (κ2) is 5.57. The highest BCUT2D eigenvalue weighted by atomic mass is 16.3. The van der Waals surface area contributed by atoms with E-state index in [1.165, 1.54) is 0 Å². The topological polar surface area (TPSA) is 112 Å². The molecule has 1 aromatic heterocycles. The molecule has 7 heteroatoms. The zero-order valence-electron chi connectivity index (χ0n) is 11.6. The van der Waals surface area contributed by atoms with Gasteiger partial charge in [0.2, 0.25) is 0 Å². The van der Waals surface area contributed by atoms with Crippen LogP contribution < -0.4 is 11.3 Å². The van der Waals surface area contributed by atoms with E-state index in [9.17, 15) is 5.11 Å². The van der Waals surface area contributed by atoms with E-state index in [2.05, 4.69) is 32.6 Å². The first-order chi connectivity index (χ1) is 10.7. The van der Waals surface area contributed by atoms with Crippen molar-refractivity contribution >= 4 is 16.6 Å². The van der Waals surface area contributed by atoms with Crippen LogP contribution >= 0.6 is 0 Å². The molecule has 110 valence electrons. The standard InChI is InChI=1S/C15H14N6O/c1-9(17-21-20-16)10-6-7-13-12(8-10)15(19-18-13)11-4-2-3-5-14(11)22/h2-8,22H,1H2,(H2,16,21)(H,17,20)(H,18,19). The Morgan fingerprint density at radius 3 is 2.86 bits per heavy atom. The number of nitrogens with one attached hydrogen (secondary N) is 2. The number of para-hydroxylation sites is 1. The molecule has 22 heavy (non-hydrogen) atoms. The molecule has 7 nitrogen and oxygen atoms in total. The number of hydrogen-bond acceptors (Lipinski definition) is 4. The maximum Gasteiger partial charge on any atom is 0.125 e. The van der Waals surface area contributed by atoms with Gasteiger partial charge < -0.3 is 10.9 Å². The van der Waals surface area contributed by atoms with Crippen molar-refractivity contribution in [1.29, 1.82) is 0 Å². The lowest BCUT2D eigenvalue weighted by molar-refractivity contribution is 0.477. The van der Waals surface area contributed by atoms with Crippen LogP contribution in [0.25, 0.3) is 27.9 Å². The predicted molar refractivity (Wildman–Crippen MR) is 84.4 cm³/mol. The number of phenols is 1. The number of H-pyrrole nitrogens is 1. The number of aromatic nitrogens is 2. The number of fused-ring (bicyclic) bond motifs is 1. The maximum absolute atomic E-state index is 10.0. The van der Waals surface area contributed by atoms with E-state index in [0.29, 0.717) is 17.0 Å². The third-order valence-electron chi connectivity index (χ3n) is 3.31. The van der Waals surface area contributed by atoms with Gasteiger partial charge >= 0.3 is 0 Å². The van der Waals surface area contributed by atoms with Crippen LogP contribution in [0.1, 0.15) is 5.56 Å². The minimum atomic E-state index is 0.176. The maximum atomic E-state index is 10.0. The van der Waals surface area contributed by atoms with Gasteiger partial charge in [0.1, 0.15) is 11.4 Å². The summed E-state index contributed by atoms with van der Waals surface area (Å²) in [5, 5.41) is 24.8. The molecule has 0 bridgehead atoms. The van der Waals surface area contributed by atoms with E-state index in [1.54, 1.807) is 12.1 Å². The van der Waals surface area contributed by atoms with E-state index >= 15 is 0 Å². The SMILES string of the molecule is C=C(N/N=N\N)c1ccc2[nH]nc(-c3ccccc3O)c2c1. The van der Waals surface area contributed by atoms with Crippen LogP contribution in [0.15, 0.2) is 59.5 Å². The van der Waals surface area contributed by atoms with Crippen LogP contribution in [-0.2, 0) is 0 Å². The van der Waals surface area contributed by atoms with Gasteiger partial charge in [0, 0.05) is 10.9 Å². The molecular weight excluding hydrogens is 280 g/mol. The second-order valence-electron chi connectivity index (χ2n) is 4.66. The highest BCUT2D eigenvalue weighted by molar-refractivity contribution is 5.95. The van der Waals surface area contributed by atoms with Gasteiger partial charge in [-0.25, -0.2) is 0 Å². The fraction of sp³-hybridized carbons (Fsp3) is 0. The summed E-state index contributed by atoms with van der Waals surface area (Å²) >= 11 is 0. The van der Waals surface area contributed by atoms with E-state index in [1.807, 2.05) is 30.3 Å². The Morgan fingerprint density at radius 2 is 2.09 bits per heavy atom. The van der Waals surface area contributed by atoms with E-state index in [-0.39, 0.29) is 5.75 Å². The molecule has 0 aliphatic rings. The van der Waals surface area contributed by atoms with Crippen molar-refractivity contribution in [2.45, 2.75) is 0 Å². The molecule has 0 radical (unpaired) electrons. The molecular formula is C15H14N6O. The first kappa shape index (κ1) is 13.6. The fourth-order valence-electron chi connectivity index (χ4n) is 2.23. The van der Waals surface area contributed by atoms with Crippen LogP contribution in [0.3, 0.4) is 0 Å². The van der Waals surface area contributed by atoms with Gasteiger partial charge in [0.05, 0.1) is 11.2 Å². The van der Waals surface area contributed by atoms with E-state index < -0.39 is 0 Å². The van der Waals surface area contributed by atoms with E-state index in [0.717, 1.165) is 16.5 Å². The summed E-state index contributed by atoms with van der Waals surface area (Å²) in [5.41, 5.74) is 6.19. The van der Waals surface area contributed by atoms with Gasteiger partial charge in [-0.3, -0.25) is 10.5 Å². The predicted octanol–water partition coefficient (Wildman–Crippen LogP) is 2.74. The molecule has 0 aliphatic heterocycles. The molecule has 0 saturated carbocycles. The molecule has 0 unspecified atom stereocenters. The molecule has 0 aliphatic carbocycles. The molecule has 0 saturated heterocycles. The third-order valence-corrected chi connectivity index (χ3v) is 3.31. The highest BCUT2D eigenvalue weighted by Crippen LogP contribution is 2.33. The molecule has 3 rings (SSSR count). The van der Waals surface area contributed by atoms with Crippen molar-refractivity contribution < 1.29 is 5.11 Å². The number of hydrogen-bond donors (Lipinski definition) is 4. The van der Waals surface area contributed by atoms with Gasteiger partial charge in [0.25, 0.3) is 0 Å². The summed E-state index contributed by atoms with van der Waals surface area (Å²) in [6, 6.07) is 12.7. The molecule has 1 heterocycles. The zero-order chi connectivity index (χ0) is 15.5. The van der Waals surface area contributed by atoms with Gasteiger partial charge in [-0.1, -0.05) is 35.2 Å². The highest BCUT2D eigenvalue weighted by Gasteiger charge is 2.12. The number of phenolic OH excluding ortho intramolecular Hbond substituents is 1. The first-order valence-corrected chi connectivity index (χ1v) is 6.52. The molecule has 3 aromatic rings. The van der Waals surface area contributed by atoms with Crippen LogP contribution in [0.5, 0.6) is 5.75 Å². The van der Waals surface area contributed by atoms with Crippen molar-refractivity contribution in [3.8, 4) is 17.0 Å². The van der Waals surface area contributed by atoms with Crippen molar-refractivity contribution in [3.63, 3.8) is 0 Å². The first-order valence-electron chi connectivity index (χ1n) is 6.52. The van der Waals surface area contributed by atoms with Gasteiger partial charge in [0.15, 0.2) is 0 Å². The summed E-state index contributed by atoms with van der Waals surface area (Å²) in [6.45, 7) is 3.87. The summed E-state index contributed by atoms with van der Waals surface area (Å²) in [6.07, 6.45) is 0. The fourth-order valence-corrected chi connectivity index (χ4v) is 2.23. The Kier molecular flexibility index (Phi) is 3.45. The molecule has 0 fully saturated rings. The lowest BCUT2D eigenvalue weighted by Gasteiger charge is -2.05. The molecule has 2 aromatic carbocycles. The Labute approximate surface area is 126 Å². The van der Waals surface area contributed by atoms with Crippen LogP contribution in [0.4, 0.5) is 0 Å². The lowest BCUT2D eigenvalue weighted by Crippen LogP contribution is -2.02. The Bertz CT molecular complexity index is 867. The quantitative estimate of drug-likeness (QED) is 0.337. The van der Waals surface area contributed by atoms with E-state index in [4.69, 9.17) is 5.84 Å². The average Bonchev–Trinajstić information content (AvgIpc) is 2.96. The zero-order valence-corrected chi connectivity index (χ0v) is 11.6. The molecule has 5 N–H and O–H groups in total. The number of nitrogens with zero attached hydrogens (tertiary/aromatic N) is 3. The van der Waals surface area contributed by atoms with Gasteiger partial charge in [-0.05, 0) is 29.8 Å². The van der Waals surface area contributed by atoms with Crippen LogP contribution in [0.2, 0.25) is 0 Å². The number of aromatic hydroxyl groups is 1. The van der Waals surface area contributed by atoms with Crippen molar-refractivity contribution in [3.05, 3.63) is 54.6 Å². The number of aromatic amines is 1. The summed E-state index contributed by atoms with van der Waals surface area (Å²) in [5.74, 6) is 5.13. The summed E-state index contributed by atoms with van der Waals surface area (Å²) < 4.78 is 0. The lowest BCUT2D eigenvalue weighted by atomic mass is 10.0. The Hall–Kier alpha value is -3.35. The molecule has 0 amide bonds.